The summed E-state index contributed by atoms with van der Waals surface area (Å²) in [5.41, 5.74) is 5.88. The van der Waals surface area contributed by atoms with E-state index in [-0.39, 0.29) is 23.6 Å². The fourth-order valence-electron chi connectivity index (χ4n) is 1.86. The molecule has 0 amide bonds. The molecule has 0 fully saturated rings. The molecule has 0 aliphatic rings. The number of nitrogens with two attached hydrogens (primary N) is 1. The van der Waals surface area contributed by atoms with E-state index in [0.717, 1.165) is 18.2 Å². The first-order valence-electron chi connectivity index (χ1n) is 5.79. The number of hydrogen-bond acceptors (Lipinski definition) is 4. The average Bonchev–Trinajstić information content (AvgIpc) is 2.70. The van der Waals surface area contributed by atoms with Crippen LogP contribution in [0, 0.1) is 18.6 Å². The number of ether oxygens (including phenoxy) is 1. The largest absolute Gasteiger partial charge is 0.464 e. The Kier molecular flexibility index (Phi) is 3.69. The zero-order chi connectivity index (χ0) is 14.9. The number of esters is 1. The Balaban J connectivity index is 2.41. The number of nitrogen functional groups attached to an aromatic ring is 1. The van der Waals surface area contributed by atoms with Gasteiger partial charge in [-0.15, -0.1) is 0 Å². The molecule has 0 bridgehead atoms. The van der Waals surface area contributed by atoms with Crippen LogP contribution >= 0.6 is 0 Å². The molecule has 5 nitrogen and oxygen atoms in total. The molecule has 0 spiro atoms. The second-order valence-electron chi connectivity index (χ2n) is 4.21. The Morgan fingerprint density at radius 2 is 2.15 bits per heavy atom. The van der Waals surface area contributed by atoms with E-state index >= 15 is 0 Å². The normalized spacial score (nSPS) is 10.6. The number of methoxy groups -OCH3 is 1. The van der Waals surface area contributed by atoms with Crippen molar-refractivity contribution >= 4 is 11.8 Å². The molecule has 0 aliphatic carbocycles. The van der Waals surface area contributed by atoms with Crippen LogP contribution in [0.5, 0.6) is 0 Å². The van der Waals surface area contributed by atoms with E-state index in [4.69, 9.17) is 5.73 Å². The maximum absolute atomic E-state index is 13.6. The Bertz CT molecular complexity index is 668. The third kappa shape index (κ3) is 2.47. The standard InChI is InChI=1S/C13H13F2N3O2/c1-7-17-11(13(19)20-2)12(16)18(7)6-8-5-9(14)3-4-10(8)15/h3-5H,6,16H2,1-2H3. The first kappa shape index (κ1) is 14.0. The van der Waals surface area contributed by atoms with Gasteiger partial charge in [0.25, 0.3) is 0 Å². The number of nitrogens with zero attached hydrogens (tertiary/aromatic N) is 2. The third-order valence-electron chi connectivity index (χ3n) is 2.91. The van der Waals surface area contributed by atoms with E-state index in [0.29, 0.717) is 5.82 Å². The molecule has 0 atom stereocenters. The zero-order valence-electron chi connectivity index (χ0n) is 11.0. The van der Waals surface area contributed by atoms with Crippen LogP contribution in [0.15, 0.2) is 18.2 Å². The van der Waals surface area contributed by atoms with Gasteiger partial charge in [0.05, 0.1) is 13.7 Å². The molecule has 2 N–H and O–H groups in total. The van der Waals surface area contributed by atoms with E-state index in [9.17, 15) is 13.6 Å². The molecule has 1 heterocycles. The minimum absolute atomic E-state index is 0.0226. The fraction of sp³-hybridized carbons (Fsp3) is 0.231. The van der Waals surface area contributed by atoms with Crippen molar-refractivity contribution < 1.29 is 18.3 Å². The van der Waals surface area contributed by atoms with Gasteiger partial charge in [-0.2, -0.15) is 0 Å². The van der Waals surface area contributed by atoms with Crippen molar-refractivity contribution in [2.75, 3.05) is 12.8 Å². The van der Waals surface area contributed by atoms with Gasteiger partial charge in [0.1, 0.15) is 23.3 Å². The lowest BCUT2D eigenvalue weighted by molar-refractivity contribution is 0.0595. The summed E-state index contributed by atoms with van der Waals surface area (Å²) in [7, 11) is 1.21. The van der Waals surface area contributed by atoms with Gasteiger partial charge in [-0.1, -0.05) is 0 Å². The Morgan fingerprint density at radius 1 is 1.45 bits per heavy atom. The van der Waals surface area contributed by atoms with Crippen LogP contribution in [0.25, 0.3) is 0 Å². The lowest BCUT2D eigenvalue weighted by Gasteiger charge is -2.09. The van der Waals surface area contributed by atoms with E-state index < -0.39 is 17.6 Å². The predicted octanol–water partition coefficient (Wildman–Crippen LogP) is 1.89. The number of rotatable bonds is 3. The van der Waals surface area contributed by atoms with Crippen LogP contribution in [0.1, 0.15) is 21.9 Å². The van der Waals surface area contributed by atoms with Gasteiger partial charge in [-0.3, -0.25) is 0 Å². The summed E-state index contributed by atoms with van der Waals surface area (Å²) in [6.07, 6.45) is 0. The van der Waals surface area contributed by atoms with Gasteiger partial charge in [0.2, 0.25) is 0 Å². The van der Waals surface area contributed by atoms with Gasteiger partial charge in [0, 0.05) is 5.56 Å². The summed E-state index contributed by atoms with van der Waals surface area (Å²) in [5, 5.41) is 0. The van der Waals surface area contributed by atoms with E-state index in [2.05, 4.69) is 9.72 Å². The summed E-state index contributed by atoms with van der Waals surface area (Å²) >= 11 is 0. The number of halogens is 2. The number of aromatic nitrogens is 2. The van der Waals surface area contributed by atoms with Crippen LogP contribution < -0.4 is 5.73 Å². The maximum Gasteiger partial charge on any atom is 0.360 e. The van der Waals surface area contributed by atoms with Crippen LogP contribution in [0.4, 0.5) is 14.6 Å². The molecule has 1 aromatic carbocycles. The molecule has 2 rings (SSSR count). The monoisotopic (exact) mass is 281 g/mol. The van der Waals surface area contributed by atoms with Crippen molar-refractivity contribution in [3.05, 3.63) is 46.9 Å². The first-order chi connectivity index (χ1) is 9.43. The molecule has 20 heavy (non-hydrogen) atoms. The summed E-state index contributed by atoms with van der Waals surface area (Å²) in [6, 6.07) is 3.14. The highest BCUT2D eigenvalue weighted by atomic mass is 19.1. The van der Waals surface area contributed by atoms with Crippen molar-refractivity contribution in [2.45, 2.75) is 13.5 Å². The van der Waals surface area contributed by atoms with Gasteiger partial charge >= 0.3 is 5.97 Å². The van der Waals surface area contributed by atoms with Crippen LogP contribution in [0.3, 0.4) is 0 Å². The number of carbonyl (C=O) groups excluding carboxylic acids is 1. The van der Waals surface area contributed by atoms with Gasteiger partial charge in [-0.05, 0) is 25.1 Å². The number of anilines is 1. The minimum atomic E-state index is -0.677. The lowest BCUT2D eigenvalue weighted by Crippen LogP contribution is -2.10. The number of carbonyl (C=O) groups is 1. The number of aryl methyl sites for hydroxylation is 1. The number of hydrogen-bond donors (Lipinski definition) is 1. The molecular formula is C13H13F2N3O2. The summed E-state index contributed by atoms with van der Waals surface area (Å²) in [6.45, 7) is 1.59. The fourth-order valence-corrected chi connectivity index (χ4v) is 1.86. The molecule has 2 aromatic rings. The van der Waals surface area contributed by atoms with Gasteiger partial charge in [0.15, 0.2) is 5.69 Å². The van der Waals surface area contributed by atoms with Crippen LogP contribution in [-0.2, 0) is 11.3 Å². The molecule has 0 radical (unpaired) electrons. The minimum Gasteiger partial charge on any atom is -0.464 e. The van der Waals surface area contributed by atoms with Crippen molar-refractivity contribution in [1.82, 2.24) is 9.55 Å². The maximum atomic E-state index is 13.6. The van der Waals surface area contributed by atoms with Gasteiger partial charge in [-0.25, -0.2) is 18.6 Å². The van der Waals surface area contributed by atoms with Gasteiger partial charge < -0.3 is 15.0 Å². The molecule has 0 saturated carbocycles. The predicted molar refractivity (Wildman–Crippen MR) is 68.2 cm³/mol. The topological polar surface area (TPSA) is 70.1 Å². The Hall–Kier alpha value is -2.44. The Labute approximate surface area is 114 Å². The summed E-state index contributed by atoms with van der Waals surface area (Å²) in [5.74, 6) is -1.32. The summed E-state index contributed by atoms with van der Waals surface area (Å²) < 4.78 is 32.7. The molecule has 1 aromatic heterocycles. The molecular weight excluding hydrogens is 268 g/mol. The van der Waals surface area contributed by atoms with E-state index in [1.807, 2.05) is 0 Å². The second kappa shape index (κ2) is 5.28. The number of benzene rings is 1. The summed E-state index contributed by atoms with van der Waals surface area (Å²) in [4.78, 5) is 15.4. The molecule has 0 aliphatic heterocycles. The van der Waals surface area contributed by atoms with Crippen molar-refractivity contribution in [2.24, 2.45) is 0 Å². The van der Waals surface area contributed by atoms with Crippen LogP contribution in [-0.4, -0.2) is 22.6 Å². The average molecular weight is 281 g/mol. The zero-order valence-corrected chi connectivity index (χ0v) is 11.0. The Morgan fingerprint density at radius 3 is 2.80 bits per heavy atom. The van der Waals surface area contributed by atoms with E-state index in [1.54, 1.807) is 6.92 Å². The number of imidazole rings is 1. The second-order valence-corrected chi connectivity index (χ2v) is 4.21. The van der Waals surface area contributed by atoms with Crippen molar-refractivity contribution in [3.63, 3.8) is 0 Å². The smallest absolute Gasteiger partial charge is 0.360 e. The molecule has 7 heteroatoms. The lowest BCUT2D eigenvalue weighted by atomic mass is 10.2. The highest BCUT2D eigenvalue weighted by molar-refractivity contribution is 5.92. The molecule has 106 valence electrons. The highest BCUT2D eigenvalue weighted by Crippen LogP contribution is 2.19. The highest BCUT2D eigenvalue weighted by Gasteiger charge is 2.20. The SMILES string of the molecule is COC(=O)c1nc(C)n(Cc2cc(F)ccc2F)c1N. The molecule has 0 unspecified atom stereocenters. The quantitative estimate of drug-likeness (QED) is 0.872. The van der Waals surface area contributed by atoms with Crippen LogP contribution in [0.2, 0.25) is 0 Å². The third-order valence-corrected chi connectivity index (χ3v) is 2.91. The molecule has 0 saturated heterocycles. The van der Waals surface area contributed by atoms with Crippen molar-refractivity contribution in [1.29, 1.82) is 0 Å². The van der Waals surface area contributed by atoms with Crippen molar-refractivity contribution in [3.8, 4) is 0 Å². The van der Waals surface area contributed by atoms with E-state index in [1.165, 1.54) is 11.7 Å². The first-order valence-corrected chi connectivity index (χ1v) is 5.79.